The smallest absolute Gasteiger partial charge is 0.408 e. The van der Waals surface area contributed by atoms with Gasteiger partial charge in [-0.1, -0.05) is 121 Å². The Morgan fingerprint density at radius 1 is 0.389 bits per heavy atom. The third-order valence-electron chi connectivity index (χ3n) is 10.7. The number of nitrogens with one attached hydrogen (secondary N) is 6. The number of carbonyl (C=O) groups is 7. The van der Waals surface area contributed by atoms with Crippen molar-refractivity contribution >= 4 is 42.2 Å². The second-order valence-corrected chi connectivity index (χ2v) is 17.9. The minimum absolute atomic E-state index is 0.0514. The zero-order valence-electron chi connectivity index (χ0n) is 41.5. The van der Waals surface area contributed by atoms with Crippen molar-refractivity contribution in [1.29, 1.82) is 0 Å². The summed E-state index contributed by atoms with van der Waals surface area (Å²) in [5, 5.41) is 16.3. The van der Waals surface area contributed by atoms with Gasteiger partial charge in [0.15, 0.2) is 0 Å². The van der Waals surface area contributed by atoms with Gasteiger partial charge in [-0.3, -0.25) is 9.59 Å². The fourth-order valence-corrected chi connectivity index (χ4v) is 6.92. The van der Waals surface area contributed by atoms with Crippen LogP contribution >= 0.6 is 0 Å². The highest BCUT2D eigenvalue weighted by Crippen LogP contribution is 2.13. The van der Waals surface area contributed by atoms with E-state index in [1.54, 1.807) is 32.9 Å². The molecule has 72 heavy (non-hydrogen) atoms. The van der Waals surface area contributed by atoms with Crippen molar-refractivity contribution in [3.05, 3.63) is 144 Å². The summed E-state index contributed by atoms with van der Waals surface area (Å²) in [6.45, 7) is 5.95. The summed E-state index contributed by atoms with van der Waals surface area (Å²) < 4.78 is 27.0. The Kier molecular flexibility index (Phi) is 25.5. The molecule has 0 unspecified atom stereocenters. The van der Waals surface area contributed by atoms with Gasteiger partial charge in [0.2, 0.25) is 11.8 Å². The summed E-state index contributed by atoms with van der Waals surface area (Å²) in [6, 6.07) is 33.2. The van der Waals surface area contributed by atoms with Gasteiger partial charge in [0, 0.05) is 19.6 Å². The van der Waals surface area contributed by atoms with Gasteiger partial charge in [-0.15, -0.1) is 0 Å². The molecule has 0 aliphatic rings. The number of amides is 6. The molecule has 4 rings (SSSR count). The van der Waals surface area contributed by atoms with Crippen molar-refractivity contribution in [3.8, 4) is 0 Å². The van der Waals surface area contributed by atoms with E-state index in [1.807, 2.05) is 109 Å². The van der Waals surface area contributed by atoms with Crippen LogP contribution in [0.5, 0.6) is 0 Å². The second kappa shape index (κ2) is 32.3. The average molecular weight is 995 g/mol. The van der Waals surface area contributed by atoms with E-state index < -0.39 is 65.9 Å². The molecule has 0 aliphatic carbocycles. The van der Waals surface area contributed by atoms with E-state index in [0.29, 0.717) is 38.5 Å². The first-order valence-corrected chi connectivity index (χ1v) is 24.4. The summed E-state index contributed by atoms with van der Waals surface area (Å²) >= 11 is 0. The Hall–Kier alpha value is -7.63. The number of esters is 1. The predicted molar refractivity (Wildman–Crippen MR) is 269 cm³/mol. The fourth-order valence-electron chi connectivity index (χ4n) is 6.92. The van der Waals surface area contributed by atoms with Crippen molar-refractivity contribution in [2.24, 2.45) is 0 Å². The van der Waals surface area contributed by atoms with Gasteiger partial charge in [0.05, 0.1) is 0 Å². The van der Waals surface area contributed by atoms with Crippen LogP contribution in [-0.4, -0.2) is 85.5 Å². The molecule has 0 saturated heterocycles. The maximum atomic E-state index is 14.3. The van der Waals surface area contributed by atoms with Crippen molar-refractivity contribution in [3.63, 3.8) is 0 Å². The minimum Gasteiger partial charge on any atom is -0.459 e. The lowest BCUT2D eigenvalue weighted by Gasteiger charge is -2.26. The zero-order chi connectivity index (χ0) is 51.8. The molecule has 6 amide bonds. The molecular weight excluding hydrogens is 925 g/mol. The minimum atomic E-state index is -1.21. The maximum Gasteiger partial charge on any atom is 0.408 e. The highest BCUT2D eigenvalue weighted by molar-refractivity contribution is 5.93. The molecular formula is C54H70N6O12. The molecule has 0 bridgehead atoms. The van der Waals surface area contributed by atoms with Gasteiger partial charge < -0.3 is 55.6 Å². The number of benzene rings is 4. The molecule has 0 radical (unpaired) electrons. The number of carbonyl (C=O) groups excluding carboxylic acids is 7. The quantitative estimate of drug-likeness (QED) is 0.0173. The zero-order valence-corrected chi connectivity index (χ0v) is 41.5. The van der Waals surface area contributed by atoms with Crippen molar-refractivity contribution in [1.82, 2.24) is 31.9 Å². The Labute approximate surface area is 422 Å². The van der Waals surface area contributed by atoms with E-state index in [9.17, 15) is 33.6 Å². The average Bonchev–Trinajstić information content (AvgIpc) is 3.37. The standard InChI is InChI=1S/C54H70N6O12/c1-54(2,3)72-53(67)60-45(31-17-20-34-56-51(65)70-38-42-26-12-6-13-27-42)48(62)58-44(30-16-19-33-55-50(64)69-37-41-24-10-5-11-25-41)47(61)59-46(49(63)68-36-40-22-8-4-9-23-40)32-18-21-35-57-52(66)71-39-43-28-14-7-15-29-43/h4-15,22-29,44-46H,16-21,30-39H2,1-3H3,(H,55,64)(H,56,65)(H,57,66)(H,58,62)(H,59,61)(H,60,67)/t44-,45+,46-/m0/s1. The molecule has 18 heteroatoms. The van der Waals surface area contributed by atoms with Crippen LogP contribution in [0.1, 0.15) is 101 Å². The van der Waals surface area contributed by atoms with Gasteiger partial charge in [0.1, 0.15) is 50.2 Å². The SMILES string of the molecule is CC(C)(C)OC(=O)N[C@H](CCCCNC(=O)OCc1ccccc1)C(=O)N[C@@H](CCCCNC(=O)OCc1ccccc1)C(=O)N[C@@H](CCCCNC(=O)OCc1ccccc1)C(=O)OCc1ccccc1. The molecule has 4 aromatic rings. The lowest BCUT2D eigenvalue weighted by atomic mass is 10.0. The van der Waals surface area contributed by atoms with Gasteiger partial charge in [-0.05, 0) is 101 Å². The van der Waals surface area contributed by atoms with Gasteiger partial charge in [-0.2, -0.15) is 0 Å². The Bertz CT molecular complexity index is 2250. The lowest BCUT2D eigenvalue weighted by Crippen LogP contribution is -2.56. The van der Waals surface area contributed by atoms with Crippen molar-refractivity contribution in [2.75, 3.05) is 19.6 Å². The summed E-state index contributed by atoms with van der Waals surface area (Å²) in [5.41, 5.74) is 2.35. The Balaban J connectivity index is 1.42. The number of hydrogen-bond acceptors (Lipinski definition) is 12. The van der Waals surface area contributed by atoms with Crippen LogP contribution in [0.4, 0.5) is 19.2 Å². The normalized spacial score (nSPS) is 12.1. The summed E-state index contributed by atoms with van der Waals surface area (Å²) in [4.78, 5) is 92.4. The van der Waals surface area contributed by atoms with E-state index in [-0.39, 0.29) is 65.3 Å². The first kappa shape index (κ1) is 57.0. The van der Waals surface area contributed by atoms with Crippen LogP contribution in [0.15, 0.2) is 121 Å². The van der Waals surface area contributed by atoms with E-state index in [2.05, 4.69) is 31.9 Å². The second-order valence-electron chi connectivity index (χ2n) is 17.9. The number of alkyl carbamates (subject to hydrolysis) is 4. The molecule has 3 atom stereocenters. The van der Waals surface area contributed by atoms with E-state index in [4.69, 9.17) is 23.7 Å². The number of rotatable bonds is 29. The number of hydrogen-bond donors (Lipinski definition) is 6. The summed E-state index contributed by atoms with van der Waals surface area (Å²) in [7, 11) is 0. The molecule has 4 aromatic carbocycles. The monoisotopic (exact) mass is 995 g/mol. The van der Waals surface area contributed by atoms with Gasteiger partial charge in [0.25, 0.3) is 0 Å². The van der Waals surface area contributed by atoms with Gasteiger partial charge in [-0.25, -0.2) is 24.0 Å². The van der Waals surface area contributed by atoms with Crippen LogP contribution in [-0.2, 0) is 64.5 Å². The molecule has 18 nitrogen and oxygen atoms in total. The molecule has 0 aliphatic heterocycles. The Morgan fingerprint density at radius 2 is 0.694 bits per heavy atom. The van der Waals surface area contributed by atoms with Crippen LogP contribution in [0, 0.1) is 0 Å². The molecule has 388 valence electrons. The van der Waals surface area contributed by atoms with E-state index in [1.165, 1.54) is 0 Å². The highest BCUT2D eigenvalue weighted by atomic mass is 16.6. The summed E-state index contributed by atoms with van der Waals surface area (Å²) in [5.74, 6) is -2.07. The summed E-state index contributed by atoms with van der Waals surface area (Å²) in [6.07, 6.45) is -0.0249. The number of ether oxygens (including phenoxy) is 5. The van der Waals surface area contributed by atoms with Gasteiger partial charge >= 0.3 is 30.3 Å². The number of unbranched alkanes of at least 4 members (excludes halogenated alkanes) is 3. The van der Waals surface area contributed by atoms with Crippen LogP contribution < -0.4 is 31.9 Å². The van der Waals surface area contributed by atoms with Crippen LogP contribution in [0.3, 0.4) is 0 Å². The lowest BCUT2D eigenvalue weighted by molar-refractivity contribution is -0.149. The molecule has 0 aromatic heterocycles. The third-order valence-corrected chi connectivity index (χ3v) is 10.7. The van der Waals surface area contributed by atoms with Crippen LogP contribution in [0.2, 0.25) is 0 Å². The highest BCUT2D eigenvalue weighted by Gasteiger charge is 2.31. The molecule has 0 spiro atoms. The predicted octanol–water partition coefficient (Wildman–Crippen LogP) is 7.88. The first-order valence-electron chi connectivity index (χ1n) is 24.4. The molecule has 0 saturated carbocycles. The van der Waals surface area contributed by atoms with Crippen LogP contribution in [0.25, 0.3) is 0 Å². The third kappa shape index (κ3) is 24.8. The molecule has 6 N–H and O–H groups in total. The molecule has 0 fully saturated rings. The largest absolute Gasteiger partial charge is 0.459 e. The molecule has 0 heterocycles. The van der Waals surface area contributed by atoms with Crippen molar-refractivity contribution < 1.29 is 57.2 Å². The van der Waals surface area contributed by atoms with Crippen molar-refractivity contribution in [2.45, 2.75) is 129 Å². The fraction of sp³-hybridized carbons (Fsp3) is 0.426. The maximum absolute atomic E-state index is 14.3. The van der Waals surface area contributed by atoms with E-state index in [0.717, 1.165) is 22.3 Å². The first-order chi connectivity index (χ1) is 34.7. The van der Waals surface area contributed by atoms with E-state index >= 15 is 0 Å². The Morgan fingerprint density at radius 3 is 1.04 bits per heavy atom. The topological polar surface area (TPSA) is 238 Å².